The molecule has 0 bridgehead atoms. The second-order valence-corrected chi connectivity index (χ2v) is 4.23. The zero-order chi connectivity index (χ0) is 16.5. The Morgan fingerprint density at radius 3 is 0.571 bits per heavy atom. The first-order chi connectivity index (χ1) is 9.66. The fraction of sp³-hybridized carbons (Fsp3) is 1.00. The zero-order valence-corrected chi connectivity index (χ0v) is 16.8. The van der Waals surface area contributed by atoms with Crippen LogP contribution in [-0.4, -0.2) is 26.4 Å². The van der Waals surface area contributed by atoms with Crippen molar-refractivity contribution in [3.8, 4) is 0 Å². The Bertz CT molecular complexity index is 74.3. The van der Waals surface area contributed by atoms with Gasteiger partial charge in [0.15, 0.2) is 0 Å². The van der Waals surface area contributed by atoms with E-state index in [1.54, 1.807) is 0 Å². The second-order valence-electron chi connectivity index (χ2n) is 4.23. The Labute approximate surface area is 146 Å². The van der Waals surface area contributed by atoms with Gasteiger partial charge in [-0.05, 0) is 0 Å². The van der Waals surface area contributed by atoms with Gasteiger partial charge in [0.1, 0.15) is 0 Å². The number of hydrogen-bond acceptors (Lipinski definition) is 4. The molecular formula is C16H36IrO4-4. The van der Waals surface area contributed by atoms with Crippen molar-refractivity contribution in [2.24, 2.45) is 0 Å². The molecule has 21 heavy (non-hydrogen) atoms. The van der Waals surface area contributed by atoms with E-state index in [1.807, 2.05) is 27.7 Å². The van der Waals surface area contributed by atoms with Gasteiger partial charge in [-0.1, -0.05) is 79.1 Å². The Kier molecular flexibility index (Phi) is 78.8. The minimum Gasteiger partial charge on any atom is -0.854 e. The summed E-state index contributed by atoms with van der Waals surface area (Å²) in [4.78, 5) is 0. The third kappa shape index (κ3) is 97.2. The predicted octanol–water partition coefficient (Wildman–Crippen LogP) is 0.585. The summed E-state index contributed by atoms with van der Waals surface area (Å²) in [6, 6.07) is 0. The van der Waals surface area contributed by atoms with Crippen molar-refractivity contribution in [2.45, 2.75) is 79.1 Å². The predicted molar refractivity (Wildman–Crippen MR) is 79.1 cm³/mol. The summed E-state index contributed by atoms with van der Waals surface area (Å²) >= 11 is 0. The van der Waals surface area contributed by atoms with E-state index in [-0.39, 0.29) is 46.5 Å². The molecule has 1 radical (unpaired) electrons. The average Bonchev–Trinajstić information content (AvgIpc) is 2.44. The van der Waals surface area contributed by atoms with Crippen LogP contribution in [0.25, 0.3) is 0 Å². The van der Waals surface area contributed by atoms with Gasteiger partial charge < -0.3 is 20.4 Å². The number of rotatable bonds is 8. The molecule has 0 saturated carbocycles. The van der Waals surface area contributed by atoms with Crippen LogP contribution >= 0.6 is 0 Å². The van der Waals surface area contributed by atoms with E-state index in [0.717, 1.165) is 51.4 Å². The molecule has 0 aromatic rings. The first kappa shape index (κ1) is 33.2. The van der Waals surface area contributed by atoms with E-state index >= 15 is 0 Å². The average molecular weight is 485 g/mol. The molecule has 0 amide bonds. The van der Waals surface area contributed by atoms with Gasteiger partial charge in [-0.15, -0.1) is 26.4 Å². The van der Waals surface area contributed by atoms with Crippen molar-refractivity contribution in [3.05, 3.63) is 0 Å². The molecule has 0 aromatic heterocycles. The normalized spacial score (nSPS) is 8.00. The van der Waals surface area contributed by atoms with Gasteiger partial charge in [0.2, 0.25) is 0 Å². The van der Waals surface area contributed by atoms with Crippen LogP contribution in [0.2, 0.25) is 0 Å². The summed E-state index contributed by atoms with van der Waals surface area (Å²) in [5.74, 6) is 0. The fourth-order valence-corrected chi connectivity index (χ4v) is 0.577. The maximum atomic E-state index is 9.53. The largest absolute Gasteiger partial charge is 0.854 e. The standard InChI is InChI=1S/4C4H9O.Ir/c4*1-2-3-4-5;/h4*2-4H2,1H3;/q4*-1;. The number of unbranched alkanes of at least 4 members (excludes halogenated alkanes) is 4. The van der Waals surface area contributed by atoms with Crippen LogP contribution < -0.4 is 20.4 Å². The molecular weight excluding hydrogens is 448 g/mol. The quantitative estimate of drug-likeness (QED) is 0.504. The Morgan fingerprint density at radius 2 is 0.571 bits per heavy atom. The third-order valence-electron chi connectivity index (χ3n) is 1.99. The minimum atomic E-state index is 0. The maximum Gasteiger partial charge on any atom is 0 e. The molecule has 0 saturated heterocycles. The van der Waals surface area contributed by atoms with Crippen LogP contribution in [0, 0.1) is 0 Å². The van der Waals surface area contributed by atoms with Gasteiger partial charge in [0.05, 0.1) is 0 Å². The van der Waals surface area contributed by atoms with Crippen molar-refractivity contribution >= 4 is 0 Å². The summed E-state index contributed by atoms with van der Waals surface area (Å²) in [6.07, 6.45) is 7.46. The Morgan fingerprint density at radius 1 is 0.429 bits per heavy atom. The molecule has 0 aliphatic carbocycles. The van der Waals surface area contributed by atoms with Gasteiger partial charge in [0.25, 0.3) is 0 Å². The molecule has 0 rings (SSSR count). The monoisotopic (exact) mass is 485 g/mol. The SMILES string of the molecule is CCCC[O-].CCCC[O-].CCCC[O-].CCCC[O-].[Ir]. The van der Waals surface area contributed by atoms with Crippen LogP contribution in [-0.2, 0) is 20.1 Å². The van der Waals surface area contributed by atoms with Crippen molar-refractivity contribution in [2.75, 3.05) is 26.4 Å². The molecule has 137 valence electrons. The summed E-state index contributed by atoms with van der Waals surface area (Å²) in [5, 5.41) is 38.1. The van der Waals surface area contributed by atoms with Crippen molar-refractivity contribution in [1.29, 1.82) is 0 Å². The van der Waals surface area contributed by atoms with E-state index in [2.05, 4.69) is 0 Å². The molecule has 0 unspecified atom stereocenters. The summed E-state index contributed by atoms with van der Waals surface area (Å²) in [6.45, 7) is 8.42. The van der Waals surface area contributed by atoms with E-state index in [1.165, 1.54) is 0 Å². The van der Waals surface area contributed by atoms with Gasteiger partial charge in [0, 0.05) is 20.1 Å². The second kappa shape index (κ2) is 49.9. The Hall–Kier alpha value is 0.489. The molecule has 0 aliphatic heterocycles. The van der Waals surface area contributed by atoms with Crippen molar-refractivity contribution in [1.82, 2.24) is 0 Å². The first-order valence-electron chi connectivity index (χ1n) is 7.98. The summed E-state index contributed by atoms with van der Waals surface area (Å²) < 4.78 is 0. The molecule has 0 atom stereocenters. The first-order valence-corrected chi connectivity index (χ1v) is 7.98. The van der Waals surface area contributed by atoms with Gasteiger partial charge in [-0.25, -0.2) is 0 Å². The van der Waals surface area contributed by atoms with E-state index < -0.39 is 0 Å². The molecule has 4 nitrogen and oxygen atoms in total. The molecule has 0 fully saturated rings. The molecule has 0 heterocycles. The van der Waals surface area contributed by atoms with E-state index in [9.17, 15) is 20.4 Å². The molecule has 0 spiro atoms. The smallest absolute Gasteiger partial charge is 0 e. The Balaban J connectivity index is -0.0000000533. The van der Waals surface area contributed by atoms with Crippen LogP contribution in [0.5, 0.6) is 0 Å². The topological polar surface area (TPSA) is 92.2 Å². The minimum absolute atomic E-state index is 0. The van der Waals surface area contributed by atoms with Crippen LogP contribution in [0.15, 0.2) is 0 Å². The van der Waals surface area contributed by atoms with Crippen LogP contribution in [0.4, 0.5) is 0 Å². The molecule has 0 aromatic carbocycles. The van der Waals surface area contributed by atoms with Crippen molar-refractivity contribution < 1.29 is 40.5 Å². The van der Waals surface area contributed by atoms with Crippen LogP contribution in [0.1, 0.15) is 79.1 Å². The molecule has 5 heteroatoms. The van der Waals surface area contributed by atoms with E-state index in [0.29, 0.717) is 0 Å². The summed E-state index contributed by atoms with van der Waals surface area (Å²) in [5.41, 5.74) is 0. The van der Waals surface area contributed by atoms with Gasteiger partial charge >= 0.3 is 0 Å². The van der Waals surface area contributed by atoms with E-state index in [4.69, 9.17) is 0 Å². The van der Waals surface area contributed by atoms with Gasteiger partial charge in [-0.3, -0.25) is 0 Å². The molecule has 0 aliphatic rings. The van der Waals surface area contributed by atoms with Gasteiger partial charge in [-0.2, -0.15) is 0 Å². The molecule has 0 N–H and O–H groups in total. The maximum absolute atomic E-state index is 9.53. The third-order valence-corrected chi connectivity index (χ3v) is 1.99. The fourth-order valence-electron chi connectivity index (χ4n) is 0.577. The summed E-state index contributed by atoms with van der Waals surface area (Å²) in [7, 11) is 0. The zero-order valence-electron chi connectivity index (χ0n) is 14.5. The van der Waals surface area contributed by atoms with Crippen molar-refractivity contribution in [3.63, 3.8) is 0 Å². The van der Waals surface area contributed by atoms with Crippen LogP contribution in [0.3, 0.4) is 0 Å². The number of hydrogen-bond donors (Lipinski definition) is 0.